The van der Waals surface area contributed by atoms with Crippen molar-refractivity contribution in [2.24, 2.45) is 0 Å². The maximum Gasteiger partial charge on any atom is 0.352 e. The van der Waals surface area contributed by atoms with Gasteiger partial charge in [0.05, 0.1) is 12.2 Å². The standard InChI is InChI=1S/C11H10O4/c1-2-14-11(13)9-7-5-3-4-6-8(7)10(12)15-9/h3-6,9H,2H2,1H3. The highest BCUT2D eigenvalue weighted by atomic mass is 16.6. The molecule has 0 radical (unpaired) electrons. The maximum atomic E-state index is 11.5. The second-order valence-corrected chi connectivity index (χ2v) is 3.12. The van der Waals surface area contributed by atoms with Gasteiger partial charge in [0.25, 0.3) is 0 Å². The minimum Gasteiger partial charge on any atom is -0.463 e. The Morgan fingerprint density at radius 2 is 2.20 bits per heavy atom. The van der Waals surface area contributed by atoms with E-state index in [0.717, 1.165) is 0 Å². The second kappa shape index (κ2) is 3.73. The van der Waals surface area contributed by atoms with Crippen LogP contribution in [0.1, 0.15) is 28.9 Å². The minimum atomic E-state index is -0.895. The van der Waals surface area contributed by atoms with E-state index < -0.39 is 18.0 Å². The van der Waals surface area contributed by atoms with Crippen LogP contribution >= 0.6 is 0 Å². The highest BCUT2D eigenvalue weighted by molar-refractivity contribution is 5.98. The summed E-state index contributed by atoms with van der Waals surface area (Å²) in [6.07, 6.45) is -0.895. The fourth-order valence-electron chi connectivity index (χ4n) is 1.54. The number of esters is 2. The molecule has 78 valence electrons. The number of benzene rings is 1. The molecule has 1 heterocycles. The summed E-state index contributed by atoms with van der Waals surface area (Å²) in [5.41, 5.74) is 1.02. The van der Waals surface area contributed by atoms with E-state index in [9.17, 15) is 9.59 Å². The van der Waals surface area contributed by atoms with Crippen LogP contribution in [0.15, 0.2) is 24.3 Å². The third kappa shape index (κ3) is 1.58. The molecule has 4 heteroatoms. The molecule has 0 spiro atoms. The summed E-state index contributed by atoms with van der Waals surface area (Å²) in [6.45, 7) is 1.98. The van der Waals surface area contributed by atoms with E-state index >= 15 is 0 Å². The molecule has 1 aromatic rings. The lowest BCUT2D eigenvalue weighted by atomic mass is 10.1. The van der Waals surface area contributed by atoms with Crippen molar-refractivity contribution in [1.29, 1.82) is 0 Å². The fourth-order valence-corrected chi connectivity index (χ4v) is 1.54. The number of cyclic esters (lactones) is 1. The fraction of sp³-hybridized carbons (Fsp3) is 0.273. The maximum absolute atomic E-state index is 11.5. The molecule has 0 bridgehead atoms. The van der Waals surface area contributed by atoms with E-state index in [0.29, 0.717) is 11.1 Å². The lowest BCUT2D eigenvalue weighted by Gasteiger charge is -2.08. The van der Waals surface area contributed by atoms with E-state index in [2.05, 4.69) is 0 Å². The van der Waals surface area contributed by atoms with Crippen LogP contribution in [0.4, 0.5) is 0 Å². The van der Waals surface area contributed by atoms with E-state index in [1.165, 1.54) is 0 Å². The van der Waals surface area contributed by atoms with Crippen molar-refractivity contribution in [2.45, 2.75) is 13.0 Å². The summed E-state index contributed by atoms with van der Waals surface area (Å²) >= 11 is 0. The Hall–Kier alpha value is -1.84. The van der Waals surface area contributed by atoms with Crippen molar-refractivity contribution >= 4 is 11.9 Å². The van der Waals surface area contributed by atoms with Gasteiger partial charge < -0.3 is 9.47 Å². The number of carbonyl (C=O) groups is 2. The number of hydrogen-bond donors (Lipinski definition) is 0. The first-order valence-corrected chi connectivity index (χ1v) is 4.70. The number of rotatable bonds is 2. The molecule has 1 aliphatic rings. The van der Waals surface area contributed by atoms with Crippen LogP contribution in [-0.2, 0) is 14.3 Å². The topological polar surface area (TPSA) is 52.6 Å². The van der Waals surface area contributed by atoms with Gasteiger partial charge in [-0.25, -0.2) is 9.59 Å². The van der Waals surface area contributed by atoms with Crippen LogP contribution < -0.4 is 0 Å². The lowest BCUT2D eigenvalue weighted by Crippen LogP contribution is -2.15. The average molecular weight is 206 g/mol. The molecular weight excluding hydrogens is 196 g/mol. The number of ether oxygens (including phenoxy) is 2. The molecule has 1 aromatic carbocycles. The zero-order valence-electron chi connectivity index (χ0n) is 8.23. The molecule has 15 heavy (non-hydrogen) atoms. The molecule has 2 rings (SSSR count). The van der Waals surface area contributed by atoms with Crippen LogP contribution in [0.25, 0.3) is 0 Å². The molecule has 0 amide bonds. The van der Waals surface area contributed by atoms with Crippen LogP contribution in [-0.4, -0.2) is 18.5 Å². The van der Waals surface area contributed by atoms with Crippen molar-refractivity contribution in [3.8, 4) is 0 Å². The van der Waals surface area contributed by atoms with Gasteiger partial charge in [-0.05, 0) is 13.0 Å². The monoisotopic (exact) mass is 206 g/mol. The third-order valence-corrected chi connectivity index (χ3v) is 2.19. The molecule has 0 saturated heterocycles. The third-order valence-electron chi connectivity index (χ3n) is 2.19. The normalized spacial score (nSPS) is 18.2. The van der Waals surface area contributed by atoms with Gasteiger partial charge >= 0.3 is 11.9 Å². The minimum absolute atomic E-state index is 0.273. The first-order valence-electron chi connectivity index (χ1n) is 4.70. The van der Waals surface area contributed by atoms with E-state index in [4.69, 9.17) is 9.47 Å². The molecular formula is C11H10O4. The predicted octanol–water partition coefficient (Wildman–Crippen LogP) is 1.46. The summed E-state index contributed by atoms with van der Waals surface area (Å²) in [5, 5.41) is 0. The molecule has 1 atom stereocenters. The molecule has 0 N–H and O–H groups in total. The van der Waals surface area contributed by atoms with E-state index in [1.807, 2.05) is 0 Å². The zero-order valence-corrected chi connectivity index (χ0v) is 8.23. The van der Waals surface area contributed by atoms with Gasteiger partial charge in [-0.1, -0.05) is 18.2 Å². The molecule has 1 aliphatic heterocycles. The molecule has 1 unspecified atom stereocenters. The summed E-state index contributed by atoms with van der Waals surface area (Å²) in [4.78, 5) is 22.8. The van der Waals surface area contributed by atoms with Crippen LogP contribution in [0.2, 0.25) is 0 Å². The first-order chi connectivity index (χ1) is 7.24. The van der Waals surface area contributed by atoms with Crippen molar-refractivity contribution in [3.05, 3.63) is 35.4 Å². The largest absolute Gasteiger partial charge is 0.463 e. The summed E-state index contributed by atoms with van der Waals surface area (Å²) in [5.74, 6) is -0.987. The van der Waals surface area contributed by atoms with Crippen molar-refractivity contribution in [3.63, 3.8) is 0 Å². The smallest absolute Gasteiger partial charge is 0.352 e. The second-order valence-electron chi connectivity index (χ2n) is 3.12. The Labute approximate surface area is 86.8 Å². The number of fused-ring (bicyclic) bond motifs is 1. The highest BCUT2D eigenvalue weighted by Crippen LogP contribution is 2.30. The molecule has 0 fully saturated rings. The Balaban J connectivity index is 2.32. The summed E-state index contributed by atoms with van der Waals surface area (Å²) in [6, 6.07) is 6.82. The summed E-state index contributed by atoms with van der Waals surface area (Å²) < 4.78 is 9.75. The van der Waals surface area contributed by atoms with E-state index in [-0.39, 0.29) is 6.61 Å². The predicted molar refractivity (Wildman–Crippen MR) is 51.2 cm³/mol. The SMILES string of the molecule is CCOC(=O)C1OC(=O)c2ccccc21. The van der Waals surface area contributed by atoms with Gasteiger partial charge in [0.2, 0.25) is 6.10 Å². The Bertz CT molecular complexity index is 411. The molecule has 0 aromatic heterocycles. The molecule has 4 nitrogen and oxygen atoms in total. The molecule has 0 aliphatic carbocycles. The average Bonchev–Trinajstić information content (AvgIpc) is 2.58. The van der Waals surface area contributed by atoms with Crippen LogP contribution in [0.3, 0.4) is 0 Å². The summed E-state index contributed by atoms with van der Waals surface area (Å²) in [7, 11) is 0. The lowest BCUT2D eigenvalue weighted by molar-refractivity contribution is -0.153. The van der Waals surface area contributed by atoms with Gasteiger partial charge in [0.15, 0.2) is 0 Å². The van der Waals surface area contributed by atoms with Crippen molar-refractivity contribution in [2.75, 3.05) is 6.61 Å². The van der Waals surface area contributed by atoms with Gasteiger partial charge in [0, 0.05) is 5.56 Å². The molecule has 0 saturated carbocycles. The van der Waals surface area contributed by atoms with Gasteiger partial charge in [-0.3, -0.25) is 0 Å². The number of carbonyl (C=O) groups excluding carboxylic acids is 2. The quantitative estimate of drug-likeness (QED) is 0.687. The first kappa shape index (κ1) is 9.71. The van der Waals surface area contributed by atoms with Crippen LogP contribution in [0, 0.1) is 0 Å². The highest BCUT2D eigenvalue weighted by Gasteiger charge is 2.36. The van der Waals surface area contributed by atoms with Gasteiger partial charge in [-0.2, -0.15) is 0 Å². The van der Waals surface area contributed by atoms with E-state index in [1.54, 1.807) is 31.2 Å². The number of hydrogen-bond acceptors (Lipinski definition) is 4. The Morgan fingerprint density at radius 1 is 1.47 bits per heavy atom. The van der Waals surface area contributed by atoms with Crippen molar-refractivity contribution < 1.29 is 19.1 Å². The van der Waals surface area contributed by atoms with Crippen LogP contribution in [0.5, 0.6) is 0 Å². The van der Waals surface area contributed by atoms with Gasteiger partial charge in [0.1, 0.15) is 0 Å². The van der Waals surface area contributed by atoms with Crippen molar-refractivity contribution in [1.82, 2.24) is 0 Å². The van der Waals surface area contributed by atoms with Gasteiger partial charge in [-0.15, -0.1) is 0 Å². The Kier molecular flexibility index (Phi) is 2.41. The Morgan fingerprint density at radius 3 is 2.93 bits per heavy atom. The zero-order chi connectivity index (χ0) is 10.8.